The van der Waals surface area contributed by atoms with Gasteiger partial charge in [0.1, 0.15) is 5.75 Å². The number of benzene rings is 2. The topological polar surface area (TPSA) is 38.3 Å². The van der Waals surface area contributed by atoms with Gasteiger partial charge in [-0.1, -0.05) is 35.3 Å². The zero-order valence-electron chi connectivity index (χ0n) is 12.7. The molecule has 0 atom stereocenters. The van der Waals surface area contributed by atoms with Gasteiger partial charge in [-0.25, -0.2) is 0 Å². The van der Waals surface area contributed by atoms with Gasteiger partial charge in [-0.2, -0.15) is 0 Å². The summed E-state index contributed by atoms with van der Waals surface area (Å²) in [5.41, 5.74) is 3.73. The minimum Gasteiger partial charge on any atom is -0.482 e. The van der Waals surface area contributed by atoms with Crippen LogP contribution in [0.4, 0.5) is 5.69 Å². The fourth-order valence-electron chi connectivity index (χ4n) is 2.08. The number of hydrogen-bond acceptors (Lipinski definition) is 2. The maximum atomic E-state index is 12.0. The van der Waals surface area contributed by atoms with E-state index in [9.17, 15) is 4.79 Å². The summed E-state index contributed by atoms with van der Waals surface area (Å²) >= 11 is 12.0. The van der Waals surface area contributed by atoms with Gasteiger partial charge in [0.15, 0.2) is 6.61 Å². The predicted molar refractivity (Wildman–Crippen MR) is 91.2 cm³/mol. The number of ether oxygens (including phenoxy) is 1. The van der Waals surface area contributed by atoms with E-state index >= 15 is 0 Å². The van der Waals surface area contributed by atoms with E-state index in [0.717, 1.165) is 22.4 Å². The lowest BCUT2D eigenvalue weighted by Gasteiger charge is -2.13. The van der Waals surface area contributed by atoms with Gasteiger partial charge in [-0.3, -0.25) is 4.79 Å². The van der Waals surface area contributed by atoms with Crippen molar-refractivity contribution >= 4 is 34.8 Å². The normalized spacial score (nSPS) is 10.4. The average Bonchev–Trinajstić information content (AvgIpc) is 2.42. The molecule has 2 aromatic carbocycles. The molecule has 22 heavy (non-hydrogen) atoms. The highest BCUT2D eigenvalue weighted by atomic mass is 35.5. The van der Waals surface area contributed by atoms with Crippen LogP contribution in [0.15, 0.2) is 30.3 Å². The molecule has 0 aliphatic rings. The zero-order chi connectivity index (χ0) is 16.3. The van der Waals surface area contributed by atoms with Gasteiger partial charge in [0.05, 0.1) is 5.02 Å². The molecule has 1 amide bonds. The Labute approximate surface area is 140 Å². The highest BCUT2D eigenvalue weighted by Gasteiger charge is 2.11. The van der Waals surface area contributed by atoms with Crippen LogP contribution in [0.5, 0.6) is 5.75 Å². The van der Waals surface area contributed by atoms with Crippen LogP contribution in [0.2, 0.25) is 10.0 Å². The van der Waals surface area contributed by atoms with Gasteiger partial charge < -0.3 is 10.1 Å². The van der Waals surface area contributed by atoms with Gasteiger partial charge in [0.25, 0.3) is 5.91 Å². The van der Waals surface area contributed by atoms with Crippen molar-refractivity contribution in [3.8, 4) is 5.75 Å². The largest absolute Gasteiger partial charge is 0.482 e. The van der Waals surface area contributed by atoms with E-state index in [4.69, 9.17) is 27.9 Å². The van der Waals surface area contributed by atoms with E-state index in [1.54, 1.807) is 12.1 Å². The lowest BCUT2D eigenvalue weighted by atomic mass is 10.1. The predicted octanol–water partition coefficient (Wildman–Crippen LogP) is 4.94. The molecule has 0 spiro atoms. The second-order valence-electron chi connectivity index (χ2n) is 5.12. The lowest BCUT2D eigenvalue weighted by molar-refractivity contribution is -0.118. The van der Waals surface area contributed by atoms with Gasteiger partial charge in [0.2, 0.25) is 0 Å². The molecule has 0 aliphatic heterocycles. The summed E-state index contributed by atoms with van der Waals surface area (Å²) in [6, 6.07) is 9.09. The van der Waals surface area contributed by atoms with Crippen LogP contribution >= 0.6 is 23.2 Å². The Balaban J connectivity index is 2.03. The molecule has 5 heteroatoms. The molecule has 0 fully saturated rings. The van der Waals surface area contributed by atoms with Gasteiger partial charge in [-0.15, -0.1) is 0 Å². The van der Waals surface area contributed by atoms with Crippen molar-refractivity contribution < 1.29 is 9.53 Å². The summed E-state index contributed by atoms with van der Waals surface area (Å²) in [5, 5.41) is 3.77. The number of halogens is 2. The van der Waals surface area contributed by atoms with Crippen LogP contribution in [0.1, 0.15) is 16.7 Å². The monoisotopic (exact) mass is 337 g/mol. The van der Waals surface area contributed by atoms with Crippen molar-refractivity contribution in [2.45, 2.75) is 20.8 Å². The minimum atomic E-state index is -0.237. The highest BCUT2D eigenvalue weighted by Crippen LogP contribution is 2.31. The molecule has 1 N–H and O–H groups in total. The third-order valence-electron chi connectivity index (χ3n) is 3.42. The maximum absolute atomic E-state index is 12.0. The lowest BCUT2D eigenvalue weighted by Crippen LogP contribution is -2.21. The highest BCUT2D eigenvalue weighted by molar-refractivity contribution is 6.35. The van der Waals surface area contributed by atoms with Crippen LogP contribution in [0.3, 0.4) is 0 Å². The van der Waals surface area contributed by atoms with E-state index < -0.39 is 0 Å². The molecule has 0 unspecified atom stereocenters. The molecule has 116 valence electrons. The number of rotatable bonds is 4. The fourth-order valence-corrected chi connectivity index (χ4v) is 2.73. The van der Waals surface area contributed by atoms with Crippen LogP contribution in [0, 0.1) is 20.8 Å². The zero-order valence-corrected chi connectivity index (χ0v) is 14.2. The Morgan fingerprint density at radius 3 is 2.55 bits per heavy atom. The van der Waals surface area contributed by atoms with Crippen molar-refractivity contribution in [2.75, 3.05) is 11.9 Å². The second-order valence-corrected chi connectivity index (χ2v) is 5.96. The van der Waals surface area contributed by atoms with E-state index in [1.807, 2.05) is 39.0 Å². The summed E-state index contributed by atoms with van der Waals surface area (Å²) in [7, 11) is 0. The number of carbonyl (C=O) groups is 1. The summed E-state index contributed by atoms with van der Waals surface area (Å²) in [5.74, 6) is 0.237. The number of amides is 1. The third-order valence-corrected chi connectivity index (χ3v) is 3.92. The Bertz CT molecular complexity index is 691. The van der Waals surface area contributed by atoms with Crippen LogP contribution in [-0.4, -0.2) is 12.5 Å². The second kappa shape index (κ2) is 7.03. The first-order chi connectivity index (χ1) is 10.4. The molecule has 0 heterocycles. The Morgan fingerprint density at radius 2 is 1.86 bits per heavy atom. The number of aryl methyl sites for hydroxylation is 2. The first kappa shape index (κ1) is 16.7. The van der Waals surface area contributed by atoms with E-state index in [0.29, 0.717) is 15.8 Å². The molecule has 0 bridgehead atoms. The quantitative estimate of drug-likeness (QED) is 0.858. The average molecular weight is 338 g/mol. The summed E-state index contributed by atoms with van der Waals surface area (Å²) in [6.45, 7) is 5.68. The Hall–Kier alpha value is -1.71. The van der Waals surface area contributed by atoms with Crippen molar-refractivity contribution in [3.05, 3.63) is 57.1 Å². The minimum absolute atomic E-state index is 0.116. The molecule has 0 saturated heterocycles. The smallest absolute Gasteiger partial charge is 0.262 e. The standard InChI is InChI=1S/C17H17Cl2NO2/c1-10-5-4-6-15(12(10)3)20-16(21)9-22-17-11(2)7-13(18)8-14(17)19/h4-8H,9H2,1-3H3,(H,20,21). The van der Waals surface area contributed by atoms with Crippen molar-refractivity contribution in [1.29, 1.82) is 0 Å². The molecule has 0 radical (unpaired) electrons. The van der Waals surface area contributed by atoms with Gasteiger partial charge in [-0.05, 0) is 55.7 Å². The number of nitrogens with one attached hydrogen (secondary N) is 1. The molecule has 0 aliphatic carbocycles. The molecule has 2 rings (SSSR count). The van der Waals surface area contributed by atoms with Crippen molar-refractivity contribution in [1.82, 2.24) is 0 Å². The molecule has 3 nitrogen and oxygen atoms in total. The maximum Gasteiger partial charge on any atom is 0.262 e. The van der Waals surface area contributed by atoms with Crippen LogP contribution < -0.4 is 10.1 Å². The first-order valence-corrected chi connectivity index (χ1v) is 7.58. The SMILES string of the molecule is Cc1cccc(NC(=O)COc2c(C)cc(Cl)cc2Cl)c1C. The van der Waals surface area contributed by atoms with Gasteiger partial charge in [0, 0.05) is 10.7 Å². The number of hydrogen-bond donors (Lipinski definition) is 1. The van der Waals surface area contributed by atoms with E-state index in [1.165, 1.54) is 0 Å². The fraction of sp³-hybridized carbons (Fsp3) is 0.235. The molecule has 0 saturated carbocycles. The van der Waals surface area contributed by atoms with Gasteiger partial charge >= 0.3 is 0 Å². The summed E-state index contributed by atoms with van der Waals surface area (Å²) in [4.78, 5) is 12.0. The molecular weight excluding hydrogens is 321 g/mol. The molecule has 0 aromatic heterocycles. The number of anilines is 1. The summed E-state index contributed by atoms with van der Waals surface area (Å²) in [6.07, 6.45) is 0. The number of carbonyl (C=O) groups excluding carboxylic acids is 1. The van der Waals surface area contributed by atoms with Crippen molar-refractivity contribution in [3.63, 3.8) is 0 Å². The van der Waals surface area contributed by atoms with Crippen LogP contribution in [-0.2, 0) is 4.79 Å². The molecular formula is C17H17Cl2NO2. The Morgan fingerprint density at radius 1 is 1.14 bits per heavy atom. The Kier molecular flexibility index (Phi) is 5.33. The van der Waals surface area contributed by atoms with E-state index in [2.05, 4.69) is 5.32 Å². The summed E-state index contributed by atoms with van der Waals surface area (Å²) < 4.78 is 5.52. The van der Waals surface area contributed by atoms with Crippen molar-refractivity contribution in [2.24, 2.45) is 0 Å². The van der Waals surface area contributed by atoms with Crippen LogP contribution in [0.25, 0.3) is 0 Å². The first-order valence-electron chi connectivity index (χ1n) is 6.83. The van der Waals surface area contributed by atoms with E-state index in [-0.39, 0.29) is 12.5 Å². The molecule has 2 aromatic rings. The third kappa shape index (κ3) is 3.93.